The first kappa shape index (κ1) is 15.3. The van der Waals surface area contributed by atoms with E-state index >= 15 is 0 Å². The van der Waals surface area contributed by atoms with Crippen molar-refractivity contribution in [1.82, 2.24) is 10.3 Å². The molecule has 1 aliphatic rings. The summed E-state index contributed by atoms with van der Waals surface area (Å²) in [5.41, 5.74) is 1.26. The van der Waals surface area contributed by atoms with Crippen LogP contribution in [0.15, 0.2) is 18.5 Å². The second kappa shape index (κ2) is 7.63. The average molecular weight is 276 g/mol. The second-order valence-corrected chi connectivity index (χ2v) is 6.10. The van der Waals surface area contributed by atoms with Crippen molar-refractivity contribution in [3.05, 3.63) is 24.0 Å². The summed E-state index contributed by atoms with van der Waals surface area (Å²) in [6.45, 7) is 5.25. The smallest absolute Gasteiger partial charge is 0.137 e. The van der Waals surface area contributed by atoms with Gasteiger partial charge in [0, 0.05) is 12.2 Å². The van der Waals surface area contributed by atoms with E-state index in [9.17, 15) is 0 Å². The fourth-order valence-electron chi connectivity index (χ4n) is 3.36. The highest BCUT2D eigenvalue weighted by Crippen LogP contribution is 2.37. The molecule has 112 valence electrons. The maximum absolute atomic E-state index is 5.71. The lowest BCUT2D eigenvalue weighted by Gasteiger charge is -2.33. The number of hydrogen-bond donors (Lipinski definition) is 1. The summed E-state index contributed by atoms with van der Waals surface area (Å²) in [6, 6.07) is 2.55. The van der Waals surface area contributed by atoms with Crippen LogP contribution in [0, 0.1) is 11.8 Å². The van der Waals surface area contributed by atoms with Crippen molar-refractivity contribution in [1.29, 1.82) is 0 Å². The van der Waals surface area contributed by atoms with Crippen molar-refractivity contribution in [3.8, 4) is 5.75 Å². The van der Waals surface area contributed by atoms with E-state index in [0.717, 1.165) is 24.7 Å². The van der Waals surface area contributed by atoms with Gasteiger partial charge in [0.05, 0.1) is 12.8 Å². The van der Waals surface area contributed by atoms with E-state index in [1.54, 1.807) is 0 Å². The molecule has 1 saturated carbocycles. The molecule has 20 heavy (non-hydrogen) atoms. The third kappa shape index (κ3) is 3.95. The van der Waals surface area contributed by atoms with Crippen molar-refractivity contribution in [2.75, 3.05) is 13.7 Å². The van der Waals surface area contributed by atoms with Crippen molar-refractivity contribution in [2.45, 2.75) is 52.0 Å². The molecule has 1 aromatic rings. The van der Waals surface area contributed by atoms with E-state index in [1.807, 2.05) is 12.4 Å². The molecule has 3 nitrogen and oxygen atoms in total. The summed E-state index contributed by atoms with van der Waals surface area (Å²) >= 11 is 0. The van der Waals surface area contributed by atoms with Gasteiger partial charge in [-0.1, -0.05) is 26.7 Å². The topological polar surface area (TPSA) is 34.1 Å². The van der Waals surface area contributed by atoms with Crippen LogP contribution in [0.1, 0.15) is 57.6 Å². The van der Waals surface area contributed by atoms with Gasteiger partial charge in [-0.25, -0.2) is 0 Å². The maximum Gasteiger partial charge on any atom is 0.137 e. The second-order valence-electron chi connectivity index (χ2n) is 6.10. The monoisotopic (exact) mass is 276 g/mol. The zero-order chi connectivity index (χ0) is 14.4. The quantitative estimate of drug-likeness (QED) is 0.854. The van der Waals surface area contributed by atoms with Crippen molar-refractivity contribution in [3.63, 3.8) is 0 Å². The molecule has 1 heterocycles. The molecule has 0 aliphatic heterocycles. The Labute approximate surface area is 123 Å². The molecule has 0 spiro atoms. The summed E-state index contributed by atoms with van der Waals surface area (Å²) in [5, 5.41) is 3.50. The highest BCUT2D eigenvalue weighted by Gasteiger charge is 2.27. The van der Waals surface area contributed by atoms with E-state index in [4.69, 9.17) is 4.74 Å². The highest BCUT2D eigenvalue weighted by atomic mass is 16.5. The first-order valence-electron chi connectivity index (χ1n) is 7.99. The Morgan fingerprint density at radius 1 is 1.40 bits per heavy atom. The lowest BCUT2D eigenvalue weighted by Crippen LogP contribution is -2.29. The molecule has 3 heteroatoms. The zero-order valence-corrected chi connectivity index (χ0v) is 13.1. The largest absolute Gasteiger partial charge is 0.492 e. The van der Waals surface area contributed by atoms with E-state index in [-0.39, 0.29) is 0 Å². The molecule has 0 radical (unpaired) electrons. The molecule has 0 amide bonds. The Bertz CT molecular complexity index is 408. The van der Waals surface area contributed by atoms with Crippen LogP contribution in [0.2, 0.25) is 0 Å². The summed E-state index contributed by atoms with van der Waals surface area (Å²) in [7, 11) is 2.06. The summed E-state index contributed by atoms with van der Waals surface area (Å²) in [4.78, 5) is 4.36. The van der Waals surface area contributed by atoms with Gasteiger partial charge in [0.15, 0.2) is 0 Å². The van der Waals surface area contributed by atoms with Gasteiger partial charge in [-0.15, -0.1) is 0 Å². The van der Waals surface area contributed by atoms with Gasteiger partial charge >= 0.3 is 0 Å². The summed E-state index contributed by atoms with van der Waals surface area (Å²) in [6.07, 6.45) is 10.2. The first-order valence-corrected chi connectivity index (χ1v) is 7.99. The fraction of sp³-hybridized carbons (Fsp3) is 0.706. The highest BCUT2D eigenvalue weighted by molar-refractivity contribution is 5.26. The van der Waals surface area contributed by atoms with Gasteiger partial charge in [-0.2, -0.15) is 0 Å². The average Bonchev–Trinajstić information content (AvgIpc) is 2.46. The molecule has 1 aliphatic carbocycles. The fourth-order valence-corrected chi connectivity index (χ4v) is 3.36. The molecule has 3 atom stereocenters. The molecule has 1 aromatic heterocycles. The van der Waals surface area contributed by atoms with E-state index in [1.165, 1.54) is 31.2 Å². The van der Waals surface area contributed by atoms with Gasteiger partial charge in [0.1, 0.15) is 5.75 Å². The van der Waals surface area contributed by atoms with Gasteiger partial charge in [0.25, 0.3) is 0 Å². The number of rotatable bonds is 6. The summed E-state index contributed by atoms with van der Waals surface area (Å²) in [5.74, 6) is 2.46. The van der Waals surface area contributed by atoms with Crippen LogP contribution in [0.4, 0.5) is 0 Å². The van der Waals surface area contributed by atoms with Crippen LogP contribution in [-0.4, -0.2) is 18.6 Å². The van der Waals surface area contributed by atoms with E-state index in [2.05, 4.69) is 37.3 Å². The SMILES string of the molecule is CCCOc1cncc(C(NC)C2CCCC(C)C2)c1. The van der Waals surface area contributed by atoms with Gasteiger partial charge in [0.2, 0.25) is 0 Å². The molecular formula is C17H28N2O. The number of aromatic nitrogens is 1. The van der Waals surface area contributed by atoms with Crippen LogP contribution in [0.5, 0.6) is 5.75 Å². The number of pyridine rings is 1. The molecule has 0 bridgehead atoms. The van der Waals surface area contributed by atoms with Crippen LogP contribution in [0.3, 0.4) is 0 Å². The summed E-state index contributed by atoms with van der Waals surface area (Å²) < 4.78 is 5.71. The zero-order valence-electron chi connectivity index (χ0n) is 13.1. The molecule has 1 N–H and O–H groups in total. The third-order valence-corrected chi connectivity index (χ3v) is 4.33. The van der Waals surface area contributed by atoms with Crippen LogP contribution < -0.4 is 10.1 Å². The normalized spacial score (nSPS) is 24.4. The van der Waals surface area contributed by atoms with E-state index in [0.29, 0.717) is 12.0 Å². The molecule has 0 aromatic carbocycles. The van der Waals surface area contributed by atoms with Crippen molar-refractivity contribution < 1.29 is 4.74 Å². The number of nitrogens with zero attached hydrogens (tertiary/aromatic N) is 1. The first-order chi connectivity index (χ1) is 9.74. The van der Waals surface area contributed by atoms with E-state index < -0.39 is 0 Å². The lowest BCUT2D eigenvalue weighted by molar-refractivity contribution is 0.229. The van der Waals surface area contributed by atoms with Gasteiger partial charge in [-0.05, 0) is 49.8 Å². The van der Waals surface area contributed by atoms with Crippen molar-refractivity contribution in [2.24, 2.45) is 11.8 Å². The molecule has 2 rings (SSSR count). The minimum atomic E-state index is 0.399. The number of hydrogen-bond acceptors (Lipinski definition) is 3. The van der Waals surface area contributed by atoms with Crippen LogP contribution in [0.25, 0.3) is 0 Å². The maximum atomic E-state index is 5.71. The Hall–Kier alpha value is -1.09. The Morgan fingerprint density at radius 2 is 2.25 bits per heavy atom. The molecule has 3 unspecified atom stereocenters. The predicted octanol–water partition coefficient (Wildman–Crippen LogP) is 3.96. The molecule has 1 fully saturated rings. The molecular weight excluding hydrogens is 248 g/mol. The van der Waals surface area contributed by atoms with Gasteiger partial charge < -0.3 is 10.1 Å². The number of ether oxygens (including phenoxy) is 1. The Balaban J connectivity index is 2.09. The predicted molar refractivity (Wildman–Crippen MR) is 82.9 cm³/mol. The van der Waals surface area contributed by atoms with Crippen LogP contribution >= 0.6 is 0 Å². The van der Waals surface area contributed by atoms with Crippen molar-refractivity contribution >= 4 is 0 Å². The standard InChI is InChI=1S/C17H28N2O/c1-4-8-20-16-10-15(11-19-12-16)17(18-3)14-7-5-6-13(2)9-14/h10-14,17-18H,4-9H2,1-3H3. The third-order valence-electron chi connectivity index (χ3n) is 4.33. The lowest BCUT2D eigenvalue weighted by atomic mass is 9.77. The Morgan fingerprint density at radius 3 is 2.95 bits per heavy atom. The molecule has 0 saturated heterocycles. The van der Waals surface area contributed by atoms with Gasteiger partial charge in [-0.3, -0.25) is 4.98 Å². The van der Waals surface area contributed by atoms with Crippen LogP contribution in [-0.2, 0) is 0 Å². The minimum absolute atomic E-state index is 0.399. The minimum Gasteiger partial charge on any atom is -0.492 e. The number of nitrogens with one attached hydrogen (secondary N) is 1. The Kier molecular flexibility index (Phi) is 5.84.